The molecule has 0 aromatic carbocycles. The van der Waals surface area contributed by atoms with Crippen molar-refractivity contribution in [1.29, 1.82) is 0 Å². The molecule has 0 amide bonds. The molecule has 1 saturated heterocycles. The van der Waals surface area contributed by atoms with E-state index in [-0.39, 0.29) is 12.4 Å². The quantitative estimate of drug-likeness (QED) is 0.576. The second-order valence-corrected chi connectivity index (χ2v) is 2.20. The molecule has 1 N–H and O–H groups in total. The molecule has 1 aliphatic rings. The standard InChI is InChI=1S/C6H13N.ClH/c1-2-6-4-3-5-7-6;/h6-7H,2-5H2,1H3;1H/t6-;/m0./s1. The Morgan fingerprint density at radius 2 is 2.38 bits per heavy atom. The molecule has 8 heavy (non-hydrogen) atoms. The average molecular weight is 136 g/mol. The van der Waals surface area contributed by atoms with Crippen molar-refractivity contribution < 1.29 is 0 Å². The third kappa shape index (κ3) is 2.01. The van der Waals surface area contributed by atoms with E-state index in [1.165, 1.54) is 25.8 Å². The minimum atomic E-state index is 0. The normalized spacial score (nSPS) is 27.4. The minimum Gasteiger partial charge on any atom is -0.314 e. The summed E-state index contributed by atoms with van der Waals surface area (Å²) in [5.41, 5.74) is 0. The van der Waals surface area contributed by atoms with E-state index < -0.39 is 0 Å². The maximum atomic E-state index is 3.41. The predicted octanol–water partition coefficient (Wildman–Crippen LogP) is 1.57. The van der Waals surface area contributed by atoms with Gasteiger partial charge in [-0.3, -0.25) is 0 Å². The first-order valence-electron chi connectivity index (χ1n) is 3.17. The molecule has 1 heterocycles. The summed E-state index contributed by atoms with van der Waals surface area (Å²) in [7, 11) is 0. The zero-order valence-electron chi connectivity index (χ0n) is 5.31. The van der Waals surface area contributed by atoms with Crippen LogP contribution in [-0.2, 0) is 0 Å². The molecule has 0 aromatic heterocycles. The van der Waals surface area contributed by atoms with E-state index in [4.69, 9.17) is 0 Å². The first-order valence-corrected chi connectivity index (χ1v) is 3.17. The molecule has 0 aliphatic carbocycles. The molecule has 50 valence electrons. The minimum absolute atomic E-state index is 0. The Morgan fingerprint density at radius 3 is 2.62 bits per heavy atom. The van der Waals surface area contributed by atoms with E-state index in [9.17, 15) is 0 Å². The molecule has 0 bridgehead atoms. The van der Waals surface area contributed by atoms with Crippen molar-refractivity contribution in [2.24, 2.45) is 0 Å². The fraction of sp³-hybridized carbons (Fsp3) is 1.00. The van der Waals surface area contributed by atoms with Gasteiger partial charge in [0, 0.05) is 6.04 Å². The molecule has 0 unspecified atom stereocenters. The fourth-order valence-corrected chi connectivity index (χ4v) is 1.11. The van der Waals surface area contributed by atoms with Gasteiger partial charge in [0.1, 0.15) is 0 Å². The number of rotatable bonds is 1. The molecule has 1 nitrogen and oxygen atoms in total. The zero-order chi connectivity index (χ0) is 5.11. The van der Waals surface area contributed by atoms with Crippen LogP contribution < -0.4 is 5.32 Å². The highest BCUT2D eigenvalue weighted by atomic mass is 35.5. The summed E-state index contributed by atoms with van der Waals surface area (Å²) in [4.78, 5) is 0. The van der Waals surface area contributed by atoms with Crippen LogP contribution in [0.15, 0.2) is 0 Å². The third-order valence-corrected chi connectivity index (χ3v) is 1.66. The maximum absolute atomic E-state index is 3.41. The van der Waals surface area contributed by atoms with Gasteiger partial charge >= 0.3 is 0 Å². The van der Waals surface area contributed by atoms with Gasteiger partial charge in [0.05, 0.1) is 0 Å². The predicted molar refractivity (Wildman–Crippen MR) is 38.6 cm³/mol. The lowest BCUT2D eigenvalue weighted by Crippen LogP contribution is -2.19. The molecule has 1 atom stereocenters. The van der Waals surface area contributed by atoms with Crippen LogP contribution in [0.25, 0.3) is 0 Å². The average Bonchev–Trinajstić information content (AvgIpc) is 2.14. The Bertz CT molecular complexity index is 50.5. The van der Waals surface area contributed by atoms with Crippen LogP contribution in [0, 0.1) is 0 Å². The molecule has 1 rings (SSSR count). The molecule has 0 saturated carbocycles. The van der Waals surface area contributed by atoms with Gasteiger partial charge in [-0.05, 0) is 25.8 Å². The number of halogens is 1. The smallest absolute Gasteiger partial charge is 0.00649 e. The van der Waals surface area contributed by atoms with Crippen LogP contribution in [0.4, 0.5) is 0 Å². The number of nitrogens with one attached hydrogen (secondary N) is 1. The highest BCUT2D eigenvalue weighted by Crippen LogP contribution is 2.06. The number of hydrogen-bond donors (Lipinski definition) is 1. The van der Waals surface area contributed by atoms with Gasteiger partial charge in [0.25, 0.3) is 0 Å². The second kappa shape index (κ2) is 4.16. The highest BCUT2D eigenvalue weighted by Gasteiger charge is 2.09. The Hall–Kier alpha value is 0.250. The van der Waals surface area contributed by atoms with E-state index in [0.717, 1.165) is 6.04 Å². The van der Waals surface area contributed by atoms with Gasteiger partial charge in [0.2, 0.25) is 0 Å². The van der Waals surface area contributed by atoms with E-state index in [1.54, 1.807) is 0 Å². The van der Waals surface area contributed by atoms with Gasteiger partial charge < -0.3 is 5.32 Å². The first-order chi connectivity index (χ1) is 3.43. The lowest BCUT2D eigenvalue weighted by molar-refractivity contribution is 0.587. The van der Waals surface area contributed by atoms with Crippen LogP contribution in [0.5, 0.6) is 0 Å². The van der Waals surface area contributed by atoms with E-state index in [2.05, 4.69) is 12.2 Å². The van der Waals surface area contributed by atoms with Gasteiger partial charge in [0.15, 0.2) is 0 Å². The van der Waals surface area contributed by atoms with Crippen LogP contribution in [0.3, 0.4) is 0 Å². The van der Waals surface area contributed by atoms with Gasteiger partial charge in [-0.1, -0.05) is 6.92 Å². The van der Waals surface area contributed by atoms with Crippen LogP contribution in [-0.4, -0.2) is 12.6 Å². The van der Waals surface area contributed by atoms with E-state index in [0.29, 0.717) is 0 Å². The summed E-state index contributed by atoms with van der Waals surface area (Å²) in [5.74, 6) is 0. The van der Waals surface area contributed by atoms with Crippen LogP contribution in [0.1, 0.15) is 26.2 Å². The Morgan fingerprint density at radius 1 is 1.62 bits per heavy atom. The molecule has 1 fully saturated rings. The Kier molecular flexibility index (Phi) is 4.29. The molecule has 0 aromatic rings. The third-order valence-electron chi connectivity index (χ3n) is 1.66. The lowest BCUT2D eigenvalue weighted by Gasteiger charge is -2.02. The summed E-state index contributed by atoms with van der Waals surface area (Å²) >= 11 is 0. The van der Waals surface area contributed by atoms with Crippen molar-refractivity contribution in [2.45, 2.75) is 32.2 Å². The molecular formula is C6H14ClN. The van der Waals surface area contributed by atoms with Crippen molar-refractivity contribution >= 4 is 12.4 Å². The topological polar surface area (TPSA) is 12.0 Å². The van der Waals surface area contributed by atoms with Crippen LogP contribution in [0.2, 0.25) is 0 Å². The van der Waals surface area contributed by atoms with E-state index >= 15 is 0 Å². The van der Waals surface area contributed by atoms with Crippen molar-refractivity contribution in [1.82, 2.24) is 5.32 Å². The van der Waals surface area contributed by atoms with E-state index in [1.807, 2.05) is 0 Å². The SMILES string of the molecule is CC[C@H]1CCCN1.Cl. The van der Waals surface area contributed by atoms with Crippen molar-refractivity contribution in [2.75, 3.05) is 6.54 Å². The molecule has 0 spiro atoms. The van der Waals surface area contributed by atoms with Crippen molar-refractivity contribution in [3.8, 4) is 0 Å². The van der Waals surface area contributed by atoms with Gasteiger partial charge in [-0.2, -0.15) is 0 Å². The van der Waals surface area contributed by atoms with Gasteiger partial charge in [-0.15, -0.1) is 12.4 Å². The Labute approximate surface area is 57.3 Å². The summed E-state index contributed by atoms with van der Waals surface area (Å²) < 4.78 is 0. The summed E-state index contributed by atoms with van der Waals surface area (Å²) in [5, 5.41) is 3.41. The molecule has 0 radical (unpaired) electrons. The number of hydrogen-bond acceptors (Lipinski definition) is 1. The zero-order valence-corrected chi connectivity index (χ0v) is 6.13. The Balaban J connectivity index is 0.000000490. The molecule has 2 heteroatoms. The summed E-state index contributed by atoms with van der Waals surface area (Å²) in [6, 6.07) is 0.847. The van der Waals surface area contributed by atoms with Crippen molar-refractivity contribution in [3.63, 3.8) is 0 Å². The van der Waals surface area contributed by atoms with Crippen molar-refractivity contribution in [3.05, 3.63) is 0 Å². The van der Waals surface area contributed by atoms with Gasteiger partial charge in [-0.25, -0.2) is 0 Å². The summed E-state index contributed by atoms with van der Waals surface area (Å²) in [6.07, 6.45) is 4.09. The summed E-state index contributed by atoms with van der Waals surface area (Å²) in [6.45, 7) is 3.49. The largest absolute Gasteiger partial charge is 0.314 e. The fourth-order valence-electron chi connectivity index (χ4n) is 1.11. The monoisotopic (exact) mass is 135 g/mol. The van der Waals surface area contributed by atoms with Crippen LogP contribution >= 0.6 is 12.4 Å². The molecular weight excluding hydrogens is 122 g/mol. The first kappa shape index (κ1) is 8.25. The maximum Gasteiger partial charge on any atom is 0.00649 e. The highest BCUT2D eigenvalue weighted by molar-refractivity contribution is 5.85. The second-order valence-electron chi connectivity index (χ2n) is 2.20. The lowest BCUT2D eigenvalue weighted by atomic mass is 10.2. The molecule has 1 aliphatic heterocycles.